The summed E-state index contributed by atoms with van der Waals surface area (Å²) in [6.45, 7) is 5.14. The second-order valence-corrected chi connectivity index (χ2v) is 12.1. The molecule has 3 rings (SSSR count). The van der Waals surface area contributed by atoms with Crippen LogP contribution in [0.4, 0.5) is 0 Å². The zero-order valence-electron chi connectivity index (χ0n) is 13.6. The predicted molar refractivity (Wildman–Crippen MR) is 96.3 cm³/mol. The average molecular weight is 311 g/mol. The van der Waals surface area contributed by atoms with E-state index in [2.05, 4.69) is 73.8 Å². The highest BCUT2D eigenvalue weighted by Gasteiger charge is 2.43. The monoisotopic (exact) mass is 310 g/mol. The molecule has 0 aromatic heterocycles. The zero-order valence-corrected chi connectivity index (χ0v) is 14.6. The standard InChI is InChI=1S/C20H26OSi/c1-22(2,18-11-7-4-8-12-18)19(15-21)13-17-14-20(17)16-9-5-3-6-10-16/h3-12,17,19-21H,13-15H2,1-2H3/t17-,19+,20+/m1/s1. The highest BCUT2D eigenvalue weighted by atomic mass is 28.3. The fraction of sp³-hybridized carbons (Fsp3) is 0.400. The molecule has 0 saturated heterocycles. The minimum Gasteiger partial charge on any atom is -0.396 e. The van der Waals surface area contributed by atoms with Gasteiger partial charge >= 0.3 is 0 Å². The van der Waals surface area contributed by atoms with Crippen LogP contribution < -0.4 is 5.19 Å². The Morgan fingerprint density at radius 3 is 2.18 bits per heavy atom. The first-order chi connectivity index (χ1) is 10.6. The average Bonchev–Trinajstić information content (AvgIpc) is 3.33. The SMILES string of the molecule is C[Si](C)(c1ccccc1)[C@H](CO)C[C@@H]1C[C@H]1c1ccccc1. The van der Waals surface area contributed by atoms with Crippen molar-refractivity contribution in [3.63, 3.8) is 0 Å². The zero-order chi connectivity index (χ0) is 15.6. The predicted octanol–water partition coefficient (Wildman–Crippen LogP) is 4.16. The minimum absolute atomic E-state index is 0.326. The maximum atomic E-state index is 9.99. The Hall–Kier alpha value is -1.38. The topological polar surface area (TPSA) is 20.2 Å². The van der Waals surface area contributed by atoms with E-state index < -0.39 is 8.07 Å². The van der Waals surface area contributed by atoms with E-state index in [0.29, 0.717) is 12.1 Å². The van der Waals surface area contributed by atoms with E-state index in [4.69, 9.17) is 0 Å². The van der Waals surface area contributed by atoms with Gasteiger partial charge in [0.15, 0.2) is 0 Å². The summed E-state index contributed by atoms with van der Waals surface area (Å²) in [6, 6.07) is 21.7. The van der Waals surface area contributed by atoms with Crippen LogP contribution in [0, 0.1) is 5.92 Å². The molecule has 0 heterocycles. The van der Waals surface area contributed by atoms with Gasteiger partial charge < -0.3 is 5.11 Å². The van der Waals surface area contributed by atoms with E-state index in [1.807, 2.05) is 0 Å². The Morgan fingerprint density at radius 1 is 1.00 bits per heavy atom. The highest BCUT2D eigenvalue weighted by molar-refractivity contribution is 6.91. The summed E-state index contributed by atoms with van der Waals surface area (Å²) in [6.07, 6.45) is 2.46. The van der Waals surface area contributed by atoms with Crippen molar-refractivity contribution in [2.75, 3.05) is 6.61 Å². The van der Waals surface area contributed by atoms with Crippen LogP contribution in [-0.2, 0) is 0 Å². The van der Waals surface area contributed by atoms with E-state index >= 15 is 0 Å². The molecule has 0 radical (unpaired) electrons. The van der Waals surface area contributed by atoms with Gasteiger partial charge in [-0.1, -0.05) is 78.9 Å². The first-order valence-corrected chi connectivity index (χ1v) is 11.4. The van der Waals surface area contributed by atoms with Gasteiger partial charge in [-0.3, -0.25) is 0 Å². The number of hydrogen-bond acceptors (Lipinski definition) is 1. The molecule has 1 aliphatic rings. The van der Waals surface area contributed by atoms with E-state index in [1.165, 1.54) is 23.6 Å². The van der Waals surface area contributed by atoms with Crippen molar-refractivity contribution >= 4 is 13.3 Å². The summed E-state index contributed by atoms with van der Waals surface area (Å²) < 4.78 is 0. The lowest BCUT2D eigenvalue weighted by Crippen LogP contribution is -2.47. The normalized spacial score (nSPS) is 22.3. The smallest absolute Gasteiger partial charge is 0.0859 e. The molecule has 0 aliphatic heterocycles. The van der Waals surface area contributed by atoms with E-state index in [0.717, 1.165) is 11.8 Å². The third kappa shape index (κ3) is 3.18. The summed E-state index contributed by atoms with van der Waals surface area (Å²) in [4.78, 5) is 0. The first kappa shape index (κ1) is 15.5. The van der Waals surface area contributed by atoms with Crippen molar-refractivity contribution in [3.8, 4) is 0 Å². The molecule has 0 amide bonds. The number of rotatable bonds is 6. The van der Waals surface area contributed by atoms with Gasteiger partial charge in [-0.05, 0) is 35.8 Å². The van der Waals surface area contributed by atoms with Crippen LogP contribution >= 0.6 is 0 Å². The number of benzene rings is 2. The highest BCUT2D eigenvalue weighted by Crippen LogP contribution is 2.52. The van der Waals surface area contributed by atoms with Gasteiger partial charge in [0.05, 0.1) is 8.07 Å². The molecule has 1 aliphatic carbocycles. The third-order valence-corrected chi connectivity index (χ3v) is 9.78. The Morgan fingerprint density at radius 2 is 1.59 bits per heavy atom. The molecule has 116 valence electrons. The summed E-state index contributed by atoms with van der Waals surface area (Å²) in [7, 11) is -1.61. The van der Waals surface area contributed by atoms with Crippen molar-refractivity contribution in [3.05, 3.63) is 66.2 Å². The van der Waals surface area contributed by atoms with Crippen LogP contribution in [0.2, 0.25) is 18.6 Å². The van der Waals surface area contributed by atoms with Gasteiger partial charge in [0, 0.05) is 6.61 Å². The van der Waals surface area contributed by atoms with Crippen LogP contribution in [0.1, 0.15) is 24.3 Å². The van der Waals surface area contributed by atoms with Gasteiger partial charge in [-0.25, -0.2) is 0 Å². The maximum Gasteiger partial charge on any atom is 0.0859 e. The number of hydrogen-bond donors (Lipinski definition) is 1. The summed E-state index contributed by atoms with van der Waals surface area (Å²) in [5.41, 5.74) is 1.93. The molecule has 2 aromatic rings. The first-order valence-electron chi connectivity index (χ1n) is 8.34. The van der Waals surface area contributed by atoms with E-state index in [9.17, 15) is 5.11 Å². The third-order valence-electron chi connectivity index (χ3n) is 5.50. The molecule has 0 bridgehead atoms. The Balaban J connectivity index is 1.69. The van der Waals surface area contributed by atoms with Crippen molar-refractivity contribution in [1.82, 2.24) is 0 Å². The number of aliphatic hydroxyl groups excluding tert-OH is 1. The van der Waals surface area contributed by atoms with Crippen molar-refractivity contribution in [2.45, 2.75) is 37.4 Å². The molecule has 2 heteroatoms. The van der Waals surface area contributed by atoms with Gasteiger partial charge in [0.25, 0.3) is 0 Å². The van der Waals surface area contributed by atoms with Gasteiger partial charge in [0.2, 0.25) is 0 Å². The van der Waals surface area contributed by atoms with Crippen molar-refractivity contribution in [2.24, 2.45) is 5.92 Å². The second-order valence-electron chi connectivity index (χ2n) is 7.22. The molecular formula is C20H26OSi. The molecule has 1 fully saturated rings. The molecule has 3 atom stereocenters. The maximum absolute atomic E-state index is 9.99. The quantitative estimate of drug-likeness (QED) is 0.794. The van der Waals surface area contributed by atoms with Crippen LogP contribution in [-0.4, -0.2) is 19.8 Å². The second kappa shape index (κ2) is 6.39. The largest absolute Gasteiger partial charge is 0.396 e. The van der Waals surface area contributed by atoms with Gasteiger partial charge in [-0.15, -0.1) is 0 Å². The lowest BCUT2D eigenvalue weighted by Gasteiger charge is -2.32. The van der Waals surface area contributed by atoms with Crippen LogP contribution in [0.15, 0.2) is 60.7 Å². The fourth-order valence-electron chi connectivity index (χ4n) is 3.68. The van der Waals surface area contributed by atoms with Crippen LogP contribution in [0.3, 0.4) is 0 Å². The Labute approximate surface area is 135 Å². The molecule has 1 nitrogen and oxygen atoms in total. The summed E-state index contributed by atoms with van der Waals surface area (Å²) >= 11 is 0. The van der Waals surface area contributed by atoms with Gasteiger partial charge in [-0.2, -0.15) is 0 Å². The van der Waals surface area contributed by atoms with Crippen LogP contribution in [0.25, 0.3) is 0 Å². The molecule has 2 aromatic carbocycles. The minimum atomic E-state index is -1.61. The Kier molecular flexibility index (Phi) is 4.51. The molecule has 1 N–H and O–H groups in total. The lowest BCUT2D eigenvalue weighted by atomic mass is 10.1. The molecule has 1 saturated carbocycles. The van der Waals surface area contributed by atoms with Crippen molar-refractivity contribution in [1.29, 1.82) is 0 Å². The number of aliphatic hydroxyl groups is 1. The molecule has 22 heavy (non-hydrogen) atoms. The fourth-order valence-corrected chi connectivity index (χ4v) is 6.55. The summed E-state index contributed by atoms with van der Waals surface area (Å²) in [5, 5.41) is 11.5. The molecular weight excluding hydrogens is 284 g/mol. The lowest BCUT2D eigenvalue weighted by molar-refractivity contribution is 0.277. The van der Waals surface area contributed by atoms with E-state index in [-0.39, 0.29) is 0 Å². The molecule has 0 unspecified atom stereocenters. The van der Waals surface area contributed by atoms with Crippen LogP contribution in [0.5, 0.6) is 0 Å². The summed E-state index contributed by atoms with van der Waals surface area (Å²) in [5.74, 6) is 1.48. The van der Waals surface area contributed by atoms with E-state index in [1.54, 1.807) is 0 Å². The Bertz CT molecular complexity index is 594. The van der Waals surface area contributed by atoms with Gasteiger partial charge in [0.1, 0.15) is 0 Å². The van der Waals surface area contributed by atoms with Crippen molar-refractivity contribution < 1.29 is 5.11 Å². The molecule has 0 spiro atoms.